The van der Waals surface area contributed by atoms with Crippen LogP contribution in [-0.2, 0) is 4.79 Å². The summed E-state index contributed by atoms with van der Waals surface area (Å²) in [7, 11) is 0. The minimum Gasteiger partial charge on any atom is -0.394 e. The zero-order chi connectivity index (χ0) is 43.5. The normalized spacial score (nSPS) is 13.2. The first kappa shape index (κ1) is 58.4. The monoisotopic (exact) mass is 840 g/mol. The summed E-state index contributed by atoms with van der Waals surface area (Å²) in [5.41, 5.74) is 0. The van der Waals surface area contributed by atoms with Crippen molar-refractivity contribution in [2.24, 2.45) is 0 Å². The minimum absolute atomic E-state index is 0.0740. The van der Waals surface area contributed by atoms with Gasteiger partial charge < -0.3 is 15.5 Å². The van der Waals surface area contributed by atoms with Crippen LogP contribution in [-0.4, -0.2) is 34.9 Å². The zero-order valence-electron chi connectivity index (χ0n) is 40.5. The molecule has 0 rings (SSSR count). The Morgan fingerprint density at radius 3 is 1.07 bits per heavy atom. The molecule has 0 saturated carbocycles. The third-order valence-electron chi connectivity index (χ3n) is 12.3. The summed E-state index contributed by atoms with van der Waals surface area (Å²) in [5.74, 6) is -0.0740. The van der Waals surface area contributed by atoms with Crippen molar-refractivity contribution in [2.75, 3.05) is 6.61 Å². The number of carbonyl (C=O) groups excluding carboxylic acids is 1. The Labute approximate surface area is 375 Å². The summed E-state index contributed by atoms with van der Waals surface area (Å²) in [5, 5.41) is 23.1. The fourth-order valence-corrected chi connectivity index (χ4v) is 8.17. The van der Waals surface area contributed by atoms with E-state index in [0.717, 1.165) is 38.5 Å². The third kappa shape index (κ3) is 47.4. The molecule has 1 amide bonds. The van der Waals surface area contributed by atoms with Gasteiger partial charge >= 0.3 is 0 Å². The highest BCUT2D eigenvalue weighted by atomic mass is 16.3. The first-order valence-corrected chi connectivity index (χ1v) is 26.9. The number of unbranched alkanes of at least 4 members (excludes halogenated alkanes) is 36. The van der Waals surface area contributed by atoms with E-state index in [2.05, 4.69) is 55.6 Å². The van der Waals surface area contributed by atoms with Gasteiger partial charge in [0.1, 0.15) is 0 Å². The van der Waals surface area contributed by atoms with E-state index in [1.165, 1.54) is 225 Å². The molecule has 352 valence electrons. The van der Waals surface area contributed by atoms with Crippen LogP contribution in [0.25, 0.3) is 0 Å². The Morgan fingerprint density at radius 1 is 0.400 bits per heavy atom. The first-order valence-electron chi connectivity index (χ1n) is 26.9. The van der Waals surface area contributed by atoms with Gasteiger partial charge in [0.25, 0.3) is 0 Å². The molecule has 2 unspecified atom stereocenters. The largest absolute Gasteiger partial charge is 0.394 e. The highest BCUT2D eigenvalue weighted by molar-refractivity contribution is 5.76. The zero-order valence-corrected chi connectivity index (χ0v) is 40.5. The lowest BCUT2D eigenvalue weighted by molar-refractivity contribution is -0.123. The number of allylic oxidation sites excluding steroid dienone is 7. The standard InChI is InChI=1S/C56H105NO3/c1-3-5-7-9-11-13-15-17-19-21-23-25-27-28-30-31-33-35-37-39-41-43-45-47-49-51-55(59)54(53-58)57-56(60)52-50-48-46-44-42-40-38-36-34-32-29-26-24-22-20-18-16-14-12-10-8-6-4-2/h16,18,22,24,41,43,49,51,54-55,58-59H,3-15,17,19-21,23,25-40,42,44-48,50,52-53H2,1-2H3,(H,57,60)/b18-16-,24-22-,43-41+,51-49+. The molecular weight excluding hydrogens is 735 g/mol. The molecule has 0 saturated heterocycles. The summed E-state index contributed by atoms with van der Waals surface area (Å²) in [4.78, 5) is 12.4. The molecular formula is C56H105NO3. The molecule has 0 heterocycles. The van der Waals surface area contributed by atoms with Crippen LogP contribution in [0.1, 0.15) is 284 Å². The van der Waals surface area contributed by atoms with Crippen molar-refractivity contribution in [1.29, 1.82) is 0 Å². The first-order chi connectivity index (χ1) is 29.7. The van der Waals surface area contributed by atoms with E-state index >= 15 is 0 Å². The molecule has 4 nitrogen and oxygen atoms in total. The Bertz CT molecular complexity index is 954. The maximum Gasteiger partial charge on any atom is 0.220 e. The Hall–Kier alpha value is -1.65. The maximum atomic E-state index is 12.4. The van der Waals surface area contributed by atoms with Crippen LogP contribution < -0.4 is 5.32 Å². The number of rotatable bonds is 49. The smallest absolute Gasteiger partial charge is 0.220 e. The average molecular weight is 840 g/mol. The number of hydrogen-bond donors (Lipinski definition) is 3. The van der Waals surface area contributed by atoms with Gasteiger partial charge in [0.05, 0.1) is 18.8 Å². The molecule has 0 spiro atoms. The van der Waals surface area contributed by atoms with Crippen LogP contribution in [0.3, 0.4) is 0 Å². The van der Waals surface area contributed by atoms with Gasteiger partial charge in [0, 0.05) is 6.42 Å². The fourth-order valence-electron chi connectivity index (χ4n) is 8.17. The Morgan fingerprint density at radius 2 is 0.700 bits per heavy atom. The average Bonchev–Trinajstić information content (AvgIpc) is 3.25. The lowest BCUT2D eigenvalue weighted by Crippen LogP contribution is -2.45. The van der Waals surface area contributed by atoms with Crippen molar-refractivity contribution in [2.45, 2.75) is 296 Å². The van der Waals surface area contributed by atoms with Crippen LogP contribution in [0.15, 0.2) is 48.6 Å². The van der Waals surface area contributed by atoms with Gasteiger partial charge in [-0.25, -0.2) is 0 Å². The van der Waals surface area contributed by atoms with Crippen molar-refractivity contribution in [3.8, 4) is 0 Å². The van der Waals surface area contributed by atoms with E-state index in [1.54, 1.807) is 6.08 Å². The summed E-state index contributed by atoms with van der Waals surface area (Å²) in [6.07, 6.45) is 71.2. The molecule has 2 atom stereocenters. The molecule has 0 fully saturated rings. The Balaban J connectivity index is 3.55. The van der Waals surface area contributed by atoms with Crippen molar-refractivity contribution >= 4 is 5.91 Å². The molecule has 0 aromatic heterocycles. The summed E-state index contributed by atoms with van der Waals surface area (Å²) < 4.78 is 0. The molecule has 0 aliphatic carbocycles. The fraction of sp³-hybridized carbons (Fsp3) is 0.839. The maximum absolute atomic E-state index is 12.4. The van der Waals surface area contributed by atoms with Gasteiger partial charge in [-0.2, -0.15) is 0 Å². The Kier molecular flexibility index (Phi) is 50.3. The van der Waals surface area contributed by atoms with E-state index in [0.29, 0.717) is 6.42 Å². The molecule has 60 heavy (non-hydrogen) atoms. The number of nitrogens with one attached hydrogen (secondary N) is 1. The van der Waals surface area contributed by atoms with E-state index in [1.807, 2.05) is 6.08 Å². The van der Waals surface area contributed by atoms with Gasteiger partial charge in [0.2, 0.25) is 5.91 Å². The number of carbonyl (C=O) groups is 1. The van der Waals surface area contributed by atoms with Crippen LogP contribution in [0, 0.1) is 0 Å². The van der Waals surface area contributed by atoms with E-state index in [4.69, 9.17) is 0 Å². The van der Waals surface area contributed by atoms with Crippen molar-refractivity contribution in [3.63, 3.8) is 0 Å². The van der Waals surface area contributed by atoms with E-state index in [9.17, 15) is 15.0 Å². The molecule has 0 aliphatic rings. The van der Waals surface area contributed by atoms with Gasteiger partial charge in [0.15, 0.2) is 0 Å². The van der Waals surface area contributed by atoms with Crippen LogP contribution >= 0.6 is 0 Å². The molecule has 0 bridgehead atoms. The van der Waals surface area contributed by atoms with Gasteiger partial charge in [-0.3, -0.25) is 4.79 Å². The summed E-state index contributed by atoms with van der Waals surface area (Å²) in [6, 6.07) is -0.642. The summed E-state index contributed by atoms with van der Waals surface area (Å²) >= 11 is 0. The topological polar surface area (TPSA) is 69.6 Å². The second-order valence-corrected chi connectivity index (χ2v) is 18.3. The molecule has 3 N–H and O–H groups in total. The van der Waals surface area contributed by atoms with Crippen LogP contribution in [0.5, 0.6) is 0 Å². The molecule has 0 radical (unpaired) electrons. The molecule has 0 aliphatic heterocycles. The molecule has 4 heteroatoms. The highest BCUT2D eigenvalue weighted by Gasteiger charge is 2.17. The lowest BCUT2D eigenvalue weighted by atomic mass is 10.0. The van der Waals surface area contributed by atoms with Crippen molar-refractivity contribution in [1.82, 2.24) is 5.32 Å². The predicted molar refractivity (Wildman–Crippen MR) is 267 cm³/mol. The van der Waals surface area contributed by atoms with E-state index < -0.39 is 12.1 Å². The number of hydrogen-bond acceptors (Lipinski definition) is 3. The van der Waals surface area contributed by atoms with Crippen LogP contribution in [0.2, 0.25) is 0 Å². The highest BCUT2D eigenvalue weighted by Crippen LogP contribution is 2.16. The van der Waals surface area contributed by atoms with Crippen LogP contribution in [0.4, 0.5) is 0 Å². The minimum atomic E-state index is -0.865. The van der Waals surface area contributed by atoms with Crippen molar-refractivity contribution in [3.05, 3.63) is 48.6 Å². The predicted octanol–water partition coefficient (Wildman–Crippen LogP) is 17.5. The molecule has 0 aromatic rings. The van der Waals surface area contributed by atoms with Gasteiger partial charge in [-0.15, -0.1) is 0 Å². The van der Waals surface area contributed by atoms with Gasteiger partial charge in [-0.1, -0.05) is 262 Å². The summed E-state index contributed by atoms with van der Waals surface area (Å²) in [6.45, 7) is 4.31. The number of amides is 1. The van der Waals surface area contributed by atoms with Gasteiger partial charge in [-0.05, 0) is 64.2 Å². The van der Waals surface area contributed by atoms with Crippen molar-refractivity contribution < 1.29 is 15.0 Å². The number of aliphatic hydroxyl groups excluding tert-OH is 2. The quantitative estimate of drug-likeness (QED) is 0.0422. The van der Waals surface area contributed by atoms with E-state index in [-0.39, 0.29) is 12.5 Å². The molecule has 0 aromatic carbocycles. The third-order valence-corrected chi connectivity index (χ3v) is 12.3. The second kappa shape index (κ2) is 51.7. The SMILES string of the molecule is CCCCCCC/C=C\C/C=C\CCCCCCCCCCCCCC(=O)NC(CO)C(O)/C=C/CC/C=C/CCCCCCCCCCCCCCCCCCCCC. The lowest BCUT2D eigenvalue weighted by Gasteiger charge is -2.19. The second-order valence-electron chi connectivity index (χ2n) is 18.3. The number of aliphatic hydroxyl groups is 2.